The maximum Gasteiger partial charge on any atom is 0.261 e. The van der Waals surface area contributed by atoms with Crippen molar-refractivity contribution in [2.75, 3.05) is 18.5 Å². The summed E-state index contributed by atoms with van der Waals surface area (Å²) in [6.45, 7) is 0.968. The van der Waals surface area contributed by atoms with Gasteiger partial charge in [-0.1, -0.05) is 29.4 Å². The van der Waals surface area contributed by atoms with Gasteiger partial charge in [-0.3, -0.25) is 4.79 Å². The average molecular weight is 337 g/mol. The molecule has 7 heteroatoms. The van der Waals surface area contributed by atoms with Crippen LogP contribution in [-0.2, 0) is 11.2 Å². The Morgan fingerprint density at radius 3 is 2.76 bits per heavy atom. The van der Waals surface area contributed by atoms with Crippen LogP contribution in [0.25, 0.3) is 11.5 Å². The first-order valence-corrected chi connectivity index (χ1v) is 7.86. The Labute approximate surface area is 143 Å². The molecule has 1 aliphatic rings. The number of rotatable bonds is 4. The number of benzene rings is 2. The van der Waals surface area contributed by atoms with E-state index in [4.69, 9.17) is 14.0 Å². The Morgan fingerprint density at radius 1 is 1.04 bits per heavy atom. The van der Waals surface area contributed by atoms with Crippen LogP contribution < -0.4 is 14.8 Å². The fourth-order valence-electron chi connectivity index (χ4n) is 2.55. The minimum atomic E-state index is -0.215. The summed E-state index contributed by atoms with van der Waals surface area (Å²) in [5, 5.41) is 6.66. The number of anilines is 1. The monoisotopic (exact) mass is 337 g/mol. The largest absolute Gasteiger partial charge is 0.486 e. The van der Waals surface area contributed by atoms with Gasteiger partial charge in [-0.15, -0.1) is 0 Å². The van der Waals surface area contributed by atoms with E-state index in [9.17, 15) is 4.79 Å². The van der Waals surface area contributed by atoms with Gasteiger partial charge in [0.1, 0.15) is 13.2 Å². The Morgan fingerprint density at radius 2 is 1.88 bits per heavy atom. The summed E-state index contributed by atoms with van der Waals surface area (Å²) in [5.41, 5.74) is 1.37. The lowest BCUT2D eigenvalue weighted by Crippen LogP contribution is -2.16. The van der Waals surface area contributed by atoms with Gasteiger partial charge in [-0.2, -0.15) is 4.98 Å². The van der Waals surface area contributed by atoms with Crippen molar-refractivity contribution in [1.29, 1.82) is 0 Å². The number of hydrogen-bond donors (Lipinski definition) is 1. The van der Waals surface area contributed by atoms with Crippen LogP contribution in [0.3, 0.4) is 0 Å². The standard InChI is InChI=1S/C18H15N3O4/c22-16(19-12-5-2-1-3-6-12)11-15-20-18(25-21-15)13-7-4-8-14-17(13)24-10-9-23-14/h1-8H,9-11H2,(H,19,22). The van der Waals surface area contributed by atoms with Crippen LogP contribution in [0, 0.1) is 0 Å². The molecular weight excluding hydrogens is 322 g/mol. The number of carbonyl (C=O) groups is 1. The molecule has 1 amide bonds. The van der Waals surface area contributed by atoms with Gasteiger partial charge in [0.25, 0.3) is 5.89 Å². The lowest BCUT2D eigenvalue weighted by Gasteiger charge is -2.19. The third-order valence-corrected chi connectivity index (χ3v) is 3.64. The van der Waals surface area contributed by atoms with Crippen LogP contribution in [-0.4, -0.2) is 29.3 Å². The van der Waals surface area contributed by atoms with Crippen LogP contribution in [0.4, 0.5) is 5.69 Å². The molecule has 3 aromatic rings. The van der Waals surface area contributed by atoms with Crippen molar-refractivity contribution in [2.45, 2.75) is 6.42 Å². The number of aromatic nitrogens is 2. The molecule has 4 rings (SSSR count). The fourth-order valence-corrected chi connectivity index (χ4v) is 2.55. The summed E-state index contributed by atoms with van der Waals surface area (Å²) >= 11 is 0. The first kappa shape index (κ1) is 15.2. The highest BCUT2D eigenvalue weighted by molar-refractivity contribution is 5.91. The summed E-state index contributed by atoms with van der Waals surface area (Å²) in [7, 11) is 0. The molecule has 0 atom stereocenters. The van der Waals surface area contributed by atoms with Crippen LogP contribution in [0.1, 0.15) is 5.82 Å². The molecule has 2 heterocycles. The van der Waals surface area contributed by atoms with Crippen LogP contribution in [0.15, 0.2) is 53.1 Å². The van der Waals surface area contributed by atoms with Crippen molar-refractivity contribution < 1.29 is 18.8 Å². The smallest absolute Gasteiger partial charge is 0.261 e. The first-order chi connectivity index (χ1) is 12.3. The van der Waals surface area contributed by atoms with E-state index in [1.165, 1.54) is 0 Å². The summed E-state index contributed by atoms with van der Waals surface area (Å²) in [5.74, 6) is 1.61. The number of hydrogen-bond acceptors (Lipinski definition) is 6. The predicted molar refractivity (Wildman–Crippen MR) is 89.5 cm³/mol. The molecular formula is C18H15N3O4. The molecule has 0 spiro atoms. The SMILES string of the molecule is O=C(Cc1noc(-c2cccc3c2OCCO3)n1)Nc1ccccc1. The number of ether oxygens (including phenoxy) is 2. The highest BCUT2D eigenvalue weighted by Crippen LogP contribution is 2.39. The van der Waals surface area contributed by atoms with Crippen LogP contribution >= 0.6 is 0 Å². The third kappa shape index (κ3) is 3.30. The molecule has 0 radical (unpaired) electrons. The van der Waals surface area contributed by atoms with Gasteiger partial charge in [-0.05, 0) is 24.3 Å². The van der Waals surface area contributed by atoms with E-state index in [1.807, 2.05) is 48.5 Å². The van der Waals surface area contributed by atoms with Crippen molar-refractivity contribution in [1.82, 2.24) is 10.1 Å². The summed E-state index contributed by atoms with van der Waals surface area (Å²) < 4.78 is 16.5. The van der Waals surface area contributed by atoms with Crippen molar-refractivity contribution in [3.8, 4) is 23.0 Å². The predicted octanol–water partition coefficient (Wildman–Crippen LogP) is 2.69. The summed E-state index contributed by atoms with van der Waals surface area (Å²) in [4.78, 5) is 16.4. The number of para-hydroxylation sites is 2. The molecule has 0 bridgehead atoms. The van der Waals surface area contributed by atoms with Crippen molar-refractivity contribution in [2.24, 2.45) is 0 Å². The van der Waals surface area contributed by atoms with Crippen molar-refractivity contribution in [3.63, 3.8) is 0 Å². The van der Waals surface area contributed by atoms with E-state index in [0.29, 0.717) is 42.0 Å². The van der Waals surface area contributed by atoms with Crippen LogP contribution in [0.5, 0.6) is 11.5 Å². The van der Waals surface area contributed by atoms with E-state index in [-0.39, 0.29) is 12.3 Å². The second kappa shape index (κ2) is 6.64. The number of fused-ring (bicyclic) bond motifs is 1. The van der Waals surface area contributed by atoms with E-state index < -0.39 is 0 Å². The lowest BCUT2D eigenvalue weighted by atomic mass is 10.1. The molecule has 1 aromatic heterocycles. The molecule has 126 valence electrons. The van der Waals surface area contributed by atoms with Gasteiger partial charge in [-0.25, -0.2) is 0 Å². The minimum Gasteiger partial charge on any atom is -0.486 e. The molecule has 0 aliphatic carbocycles. The molecule has 7 nitrogen and oxygen atoms in total. The van der Waals surface area contributed by atoms with Crippen molar-refractivity contribution >= 4 is 11.6 Å². The molecule has 0 unspecified atom stereocenters. The van der Waals surface area contributed by atoms with Gasteiger partial charge < -0.3 is 19.3 Å². The van der Waals surface area contributed by atoms with Gasteiger partial charge >= 0.3 is 0 Å². The number of nitrogens with one attached hydrogen (secondary N) is 1. The second-order valence-corrected chi connectivity index (χ2v) is 5.44. The van der Waals surface area contributed by atoms with E-state index in [0.717, 1.165) is 5.69 Å². The fraction of sp³-hybridized carbons (Fsp3) is 0.167. The van der Waals surface area contributed by atoms with Gasteiger partial charge in [0.2, 0.25) is 5.91 Å². The molecule has 1 N–H and O–H groups in total. The molecule has 0 saturated heterocycles. The first-order valence-electron chi connectivity index (χ1n) is 7.86. The Bertz CT molecular complexity index is 892. The third-order valence-electron chi connectivity index (χ3n) is 3.64. The zero-order valence-electron chi connectivity index (χ0n) is 13.3. The zero-order valence-corrected chi connectivity index (χ0v) is 13.3. The zero-order chi connectivity index (χ0) is 17.1. The molecule has 1 aliphatic heterocycles. The van der Waals surface area contributed by atoms with Gasteiger partial charge in [0.05, 0.1) is 12.0 Å². The average Bonchev–Trinajstić information content (AvgIpc) is 3.10. The maximum atomic E-state index is 12.1. The van der Waals surface area contributed by atoms with E-state index in [1.54, 1.807) is 0 Å². The quantitative estimate of drug-likeness (QED) is 0.788. The lowest BCUT2D eigenvalue weighted by molar-refractivity contribution is -0.115. The normalized spacial score (nSPS) is 12.6. The Kier molecular flexibility index (Phi) is 4.04. The molecule has 2 aromatic carbocycles. The number of carbonyl (C=O) groups excluding carboxylic acids is 1. The Balaban J connectivity index is 1.50. The van der Waals surface area contributed by atoms with Gasteiger partial charge in [0.15, 0.2) is 17.3 Å². The van der Waals surface area contributed by atoms with E-state index >= 15 is 0 Å². The molecule has 0 fully saturated rings. The minimum absolute atomic E-state index is 0.0186. The number of amides is 1. The second-order valence-electron chi connectivity index (χ2n) is 5.44. The number of nitrogens with zero attached hydrogens (tertiary/aromatic N) is 2. The Hall–Kier alpha value is -3.35. The van der Waals surface area contributed by atoms with E-state index in [2.05, 4.69) is 15.5 Å². The van der Waals surface area contributed by atoms with Crippen LogP contribution in [0.2, 0.25) is 0 Å². The highest BCUT2D eigenvalue weighted by Gasteiger charge is 2.21. The van der Waals surface area contributed by atoms with Crippen molar-refractivity contribution in [3.05, 3.63) is 54.4 Å². The topological polar surface area (TPSA) is 86.5 Å². The summed E-state index contributed by atoms with van der Waals surface area (Å²) in [6.07, 6.45) is 0.0186. The van der Waals surface area contributed by atoms with Gasteiger partial charge in [0, 0.05) is 5.69 Å². The molecule has 0 saturated carbocycles. The maximum absolute atomic E-state index is 12.1. The summed E-state index contributed by atoms with van der Waals surface area (Å²) in [6, 6.07) is 14.7. The molecule has 25 heavy (non-hydrogen) atoms. The highest BCUT2D eigenvalue weighted by atomic mass is 16.6.